The van der Waals surface area contributed by atoms with Gasteiger partial charge in [0.05, 0.1) is 0 Å². The maximum Gasteiger partial charge on any atom is 0.126 e. The Hall–Kier alpha value is -1.44. The van der Waals surface area contributed by atoms with Gasteiger partial charge in [-0.05, 0) is 24.1 Å². The van der Waals surface area contributed by atoms with Gasteiger partial charge in [0, 0.05) is 18.5 Å². The van der Waals surface area contributed by atoms with Crippen molar-refractivity contribution in [1.29, 1.82) is 0 Å². The fraction of sp³-hybridized carbons (Fsp3) is 0.273. The van der Waals surface area contributed by atoms with Crippen molar-refractivity contribution in [3.63, 3.8) is 0 Å². The minimum atomic E-state index is -0.596. The number of benzene rings is 1. The van der Waals surface area contributed by atoms with E-state index in [-0.39, 0.29) is 6.04 Å². The van der Waals surface area contributed by atoms with Gasteiger partial charge >= 0.3 is 0 Å². The van der Waals surface area contributed by atoms with E-state index in [1.165, 1.54) is 12.1 Å². The van der Waals surface area contributed by atoms with E-state index in [1.807, 2.05) is 0 Å². The summed E-state index contributed by atoms with van der Waals surface area (Å²) in [7, 11) is 0. The van der Waals surface area contributed by atoms with E-state index >= 15 is 0 Å². The van der Waals surface area contributed by atoms with Crippen LogP contribution in [0.1, 0.15) is 12.0 Å². The van der Waals surface area contributed by atoms with Gasteiger partial charge in [0.1, 0.15) is 11.6 Å². The van der Waals surface area contributed by atoms with E-state index in [0.717, 1.165) is 6.07 Å². The highest BCUT2D eigenvalue weighted by Gasteiger charge is 2.08. The largest absolute Gasteiger partial charge is 0.271 e. The fourth-order valence-corrected chi connectivity index (χ4v) is 1.35. The molecular weight excluding hydrogens is 198 g/mol. The number of hydrazine groups is 1. The van der Waals surface area contributed by atoms with Crippen molar-refractivity contribution in [2.24, 2.45) is 5.84 Å². The molecule has 0 aliphatic heterocycles. The molecule has 0 heterocycles. The fourth-order valence-electron chi connectivity index (χ4n) is 1.35. The summed E-state index contributed by atoms with van der Waals surface area (Å²) in [5, 5.41) is 0. The van der Waals surface area contributed by atoms with E-state index in [4.69, 9.17) is 12.3 Å². The normalized spacial score (nSPS) is 12.1. The quantitative estimate of drug-likeness (QED) is 0.447. The van der Waals surface area contributed by atoms with Crippen LogP contribution >= 0.6 is 0 Å². The lowest BCUT2D eigenvalue weighted by molar-refractivity contribution is 0.528. The standard InChI is InChI=1S/C11H12F2N2/c1-2-3-11(15-14)6-8-4-9(12)7-10(13)5-8/h1,4-5,7,11,15H,3,6,14H2. The molecule has 15 heavy (non-hydrogen) atoms. The first-order valence-electron chi connectivity index (χ1n) is 4.50. The molecule has 3 N–H and O–H groups in total. The molecule has 2 nitrogen and oxygen atoms in total. The number of terminal acetylenes is 1. The predicted molar refractivity (Wildman–Crippen MR) is 54.6 cm³/mol. The van der Waals surface area contributed by atoms with Crippen LogP contribution in [0.3, 0.4) is 0 Å². The van der Waals surface area contributed by atoms with Crippen molar-refractivity contribution in [2.45, 2.75) is 18.9 Å². The van der Waals surface area contributed by atoms with Crippen LogP contribution in [0.25, 0.3) is 0 Å². The summed E-state index contributed by atoms with van der Waals surface area (Å²) in [6.45, 7) is 0. The summed E-state index contributed by atoms with van der Waals surface area (Å²) < 4.78 is 25.7. The Morgan fingerprint density at radius 1 is 1.33 bits per heavy atom. The van der Waals surface area contributed by atoms with Crippen molar-refractivity contribution >= 4 is 0 Å². The molecule has 1 unspecified atom stereocenters. The molecule has 1 atom stereocenters. The zero-order valence-corrected chi connectivity index (χ0v) is 8.13. The highest BCUT2D eigenvalue weighted by atomic mass is 19.1. The highest BCUT2D eigenvalue weighted by Crippen LogP contribution is 2.10. The van der Waals surface area contributed by atoms with Gasteiger partial charge in [-0.25, -0.2) is 8.78 Å². The van der Waals surface area contributed by atoms with Gasteiger partial charge in [-0.3, -0.25) is 11.3 Å². The molecule has 1 rings (SSSR count). The third-order valence-electron chi connectivity index (χ3n) is 2.00. The minimum Gasteiger partial charge on any atom is -0.271 e. The monoisotopic (exact) mass is 210 g/mol. The molecule has 0 bridgehead atoms. The summed E-state index contributed by atoms with van der Waals surface area (Å²) in [5.41, 5.74) is 3.04. The Labute approximate surface area is 87.4 Å². The molecule has 1 aromatic carbocycles. The Bertz CT molecular complexity index is 351. The molecule has 0 aliphatic carbocycles. The van der Waals surface area contributed by atoms with E-state index < -0.39 is 11.6 Å². The molecule has 0 radical (unpaired) electrons. The molecule has 0 amide bonds. The average molecular weight is 210 g/mol. The molecule has 0 spiro atoms. The summed E-state index contributed by atoms with van der Waals surface area (Å²) in [6, 6.07) is 3.19. The number of nitrogens with one attached hydrogen (secondary N) is 1. The van der Waals surface area contributed by atoms with E-state index in [2.05, 4.69) is 11.3 Å². The maximum atomic E-state index is 12.8. The lowest BCUT2D eigenvalue weighted by atomic mass is 10.0. The topological polar surface area (TPSA) is 38.0 Å². The molecule has 4 heteroatoms. The smallest absolute Gasteiger partial charge is 0.126 e. The third kappa shape index (κ3) is 3.66. The van der Waals surface area contributed by atoms with Crippen LogP contribution < -0.4 is 11.3 Å². The summed E-state index contributed by atoms with van der Waals surface area (Å²) in [6.07, 6.45) is 5.93. The maximum absolute atomic E-state index is 12.8. The van der Waals surface area contributed by atoms with Crippen LogP contribution in [-0.2, 0) is 6.42 Å². The van der Waals surface area contributed by atoms with Crippen molar-refractivity contribution in [2.75, 3.05) is 0 Å². The number of nitrogens with two attached hydrogens (primary N) is 1. The molecule has 80 valence electrons. The summed E-state index contributed by atoms with van der Waals surface area (Å²) in [5.74, 6) is 6.50. The Kier molecular flexibility index (Phi) is 4.22. The highest BCUT2D eigenvalue weighted by molar-refractivity contribution is 5.19. The van der Waals surface area contributed by atoms with E-state index in [9.17, 15) is 8.78 Å². The first kappa shape index (κ1) is 11.6. The number of halogens is 2. The lowest BCUT2D eigenvalue weighted by Crippen LogP contribution is -2.36. The van der Waals surface area contributed by atoms with Gasteiger partial charge in [-0.2, -0.15) is 0 Å². The first-order chi connectivity index (χ1) is 7.15. The van der Waals surface area contributed by atoms with Gasteiger partial charge in [0.2, 0.25) is 0 Å². The zero-order valence-electron chi connectivity index (χ0n) is 8.13. The van der Waals surface area contributed by atoms with Crippen LogP contribution in [0.4, 0.5) is 8.78 Å². The van der Waals surface area contributed by atoms with Gasteiger partial charge < -0.3 is 0 Å². The Morgan fingerprint density at radius 3 is 2.40 bits per heavy atom. The van der Waals surface area contributed by atoms with E-state index in [1.54, 1.807) is 0 Å². The van der Waals surface area contributed by atoms with Crippen LogP contribution in [-0.4, -0.2) is 6.04 Å². The van der Waals surface area contributed by atoms with Crippen molar-refractivity contribution < 1.29 is 8.78 Å². The van der Waals surface area contributed by atoms with Gasteiger partial charge in [-0.1, -0.05) is 0 Å². The molecule has 0 aromatic heterocycles. The second kappa shape index (κ2) is 5.44. The average Bonchev–Trinajstić information content (AvgIpc) is 2.15. The van der Waals surface area contributed by atoms with Crippen molar-refractivity contribution in [3.05, 3.63) is 35.4 Å². The molecule has 0 aliphatic rings. The molecule has 0 saturated carbocycles. The molecule has 0 saturated heterocycles. The number of hydrogen-bond donors (Lipinski definition) is 2. The third-order valence-corrected chi connectivity index (χ3v) is 2.00. The van der Waals surface area contributed by atoms with Crippen molar-refractivity contribution in [3.8, 4) is 12.3 Å². The van der Waals surface area contributed by atoms with Crippen LogP contribution in [0.15, 0.2) is 18.2 Å². The van der Waals surface area contributed by atoms with Gasteiger partial charge in [0.25, 0.3) is 0 Å². The van der Waals surface area contributed by atoms with Gasteiger partial charge in [0.15, 0.2) is 0 Å². The second-order valence-electron chi connectivity index (χ2n) is 3.25. The van der Waals surface area contributed by atoms with E-state index in [0.29, 0.717) is 18.4 Å². The van der Waals surface area contributed by atoms with Crippen LogP contribution in [0, 0.1) is 24.0 Å². The summed E-state index contributed by atoms with van der Waals surface area (Å²) >= 11 is 0. The second-order valence-corrected chi connectivity index (χ2v) is 3.25. The SMILES string of the molecule is C#CCC(Cc1cc(F)cc(F)c1)NN. The molecule has 0 fully saturated rings. The lowest BCUT2D eigenvalue weighted by Gasteiger charge is -2.12. The van der Waals surface area contributed by atoms with Crippen molar-refractivity contribution in [1.82, 2.24) is 5.43 Å². The Morgan fingerprint density at radius 2 is 1.93 bits per heavy atom. The Balaban J connectivity index is 2.75. The minimum absolute atomic E-state index is 0.170. The van der Waals surface area contributed by atoms with Crippen LogP contribution in [0.2, 0.25) is 0 Å². The molecule has 1 aromatic rings. The predicted octanol–water partition coefficient (Wildman–Crippen LogP) is 1.36. The van der Waals surface area contributed by atoms with Crippen LogP contribution in [0.5, 0.6) is 0 Å². The first-order valence-corrected chi connectivity index (χ1v) is 4.50. The van der Waals surface area contributed by atoms with Gasteiger partial charge in [-0.15, -0.1) is 12.3 Å². The zero-order chi connectivity index (χ0) is 11.3. The number of rotatable bonds is 4. The molecular formula is C11H12F2N2. The summed E-state index contributed by atoms with van der Waals surface area (Å²) in [4.78, 5) is 0. The number of hydrogen-bond acceptors (Lipinski definition) is 2.